The van der Waals surface area contributed by atoms with Crippen molar-refractivity contribution >= 4 is 11.9 Å². The molecule has 0 radical (unpaired) electrons. The van der Waals surface area contributed by atoms with Gasteiger partial charge in [0, 0.05) is 6.42 Å². The van der Waals surface area contributed by atoms with E-state index in [1.54, 1.807) is 0 Å². The molecule has 0 aliphatic heterocycles. The summed E-state index contributed by atoms with van der Waals surface area (Å²) in [5.41, 5.74) is 0. The fraction of sp³-hybridized carbons (Fsp3) is 0.774. The van der Waals surface area contributed by atoms with E-state index in [4.69, 9.17) is 4.74 Å². The average molecular weight is 826 g/mol. The van der Waals surface area contributed by atoms with Crippen molar-refractivity contribution in [2.24, 2.45) is 0 Å². The summed E-state index contributed by atoms with van der Waals surface area (Å²) in [5.74, 6) is -0.510. The maximum Gasteiger partial charge on any atom is 0.306 e. The molecule has 0 saturated heterocycles. The molecule has 0 spiro atoms. The monoisotopic (exact) mass is 826 g/mol. The molecule has 3 N–H and O–H groups in total. The number of aliphatic hydroxyl groups excluding tert-OH is 2. The summed E-state index contributed by atoms with van der Waals surface area (Å²) in [5, 5.41) is 23.6. The van der Waals surface area contributed by atoms with Gasteiger partial charge in [-0.05, 0) is 70.6 Å². The number of hydrogen-bond donors (Lipinski definition) is 3. The lowest BCUT2D eigenvalue weighted by Crippen LogP contribution is -2.46. The lowest BCUT2D eigenvalue weighted by molar-refractivity contribution is -0.151. The van der Waals surface area contributed by atoms with E-state index >= 15 is 0 Å². The molecule has 0 aromatic heterocycles. The quantitative estimate of drug-likeness (QED) is 0.0323. The van der Waals surface area contributed by atoms with Crippen LogP contribution >= 0.6 is 0 Å². The molecular weight excluding hydrogens is 731 g/mol. The summed E-state index contributed by atoms with van der Waals surface area (Å²) >= 11 is 0. The van der Waals surface area contributed by atoms with Crippen LogP contribution in [0.4, 0.5) is 0 Å². The highest BCUT2D eigenvalue weighted by Gasteiger charge is 2.24. The molecule has 3 unspecified atom stereocenters. The van der Waals surface area contributed by atoms with Gasteiger partial charge in [-0.3, -0.25) is 9.59 Å². The van der Waals surface area contributed by atoms with Gasteiger partial charge in [0.15, 0.2) is 0 Å². The molecule has 0 bridgehead atoms. The molecule has 0 aromatic rings. The Morgan fingerprint density at radius 2 is 0.915 bits per heavy atom. The third-order valence-electron chi connectivity index (χ3n) is 11.1. The van der Waals surface area contributed by atoms with Crippen molar-refractivity contribution < 1.29 is 24.5 Å². The number of carbonyl (C=O) groups is 2. The summed E-state index contributed by atoms with van der Waals surface area (Å²) in [7, 11) is 0. The second-order valence-electron chi connectivity index (χ2n) is 16.8. The molecule has 6 heteroatoms. The Morgan fingerprint density at radius 1 is 0.508 bits per heavy atom. The van der Waals surface area contributed by atoms with E-state index in [0.29, 0.717) is 19.3 Å². The molecule has 0 aromatic carbocycles. The summed E-state index contributed by atoms with van der Waals surface area (Å²) in [6.45, 7) is 6.34. The van der Waals surface area contributed by atoms with Crippen LogP contribution in [0.1, 0.15) is 239 Å². The number of amides is 1. The number of hydrogen-bond acceptors (Lipinski definition) is 5. The average Bonchev–Trinajstić information content (AvgIpc) is 3.23. The van der Waals surface area contributed by atoms with Gasteiger partial charge in [0.05, 0.1) is 25.2 Å². The molecule has 3 atom stereocenters. The maximum absolute atomic E-state index is 13.2. The Balaban J connectivity index is 4.59. The number of carbonyl (C=O) groups excluding carboxylic acids is 2. The first-order valence-electron chi connectivity index (χ1n) is 25.0. The van der Waals surface area contributed by atoms with E-state index in [-0.39, 0.29) is 24.9 Å². The highest BCUT2D eigenvalue weighted by molar-refractivity contribution is 5.77. The van der Waals surface area contributed by atoms with Gasteiger partial charge in [-0.1, -0.05) is 216 Å². The zero-order valence-corrected chi connectivity index (χ0v) is 38.9. The van der Waals surface area contributed by atoms with Crippen molar-refractivity contribution in [1.82, 2.24) is 5.32 Å². The predicted molar refractivity (Wildman–Crippen MR) is 255 cm³/mol. The normalized spacial score (nSPS) is 13.8. The standard InChI is InChI=1S/C53H95NO5/c1-4-7-10-13-16-19-21-23-24-25-26-27-28-29-31-34-37-40-43-46-53(58)59-49(44-41-38-35-33-30-22-20-17-14-11-8-5-2)47-52(57)54-50(48-55)51(56)45-42-39-36-32-18-15-12-9-6-3/h7,10,16,19,23-24,26-27,29,31,49-51,55-56H,4-6,8-9,11-15,17-18,20-22,25,28,30,32-48H2,1-3H3,(H,54,57)/b10-7-,19-16-,24-23-,27-26-,31-29-. The van der Waals surface area contributed by atoms with Crippen LogP contribution in [0.2, 0.25) is 0 Å². The third-order valence-corrected chi connectivity index (χ3v) is 11.1. The van der Waals surface area contributed by atoms with Gasteiger partial charge < -0.3 is 20.3 Å². The lowest BCUT2D eigenvalue weighted by Gasteiger charge is -2.24. The van der Waals surface area contributed by atoms with Gasteiger partial charge in [0.1, 0.15) is 6.10 Å². The summed E-state index contributed by atoms with van der Waals surface area (Å²) in [6, 6.07) is -0.706. The van der Waals surface area contributed by atoms with E-state index in [0.717, 1.165) is 96.3 Å². The van der Waals surface area contributed by atoms with Gasteiger partial charge in [-0.15, -0.1) is 0 Å². The first-order chi connectivity index (χ1) is 29.0. The van der Waals surface area contributed by atoms with Gasteiger partial charge in [0.25, 0.3) is 0 Å². The number of aliphatic hydroxyl groups is 2. The Labute approximate surface area is 365 Å². The predicted octanol–water partition coefficient (Wildman–Crippen LogP) is 14.8. The molecule has 0 aliphatic carbocycles. The Morgan fingerprint density at radius 3 is 1.37 bits per heavy atom. The highest BCUT2D eigenvalue weighted by atomic mass is 16.5. The molecular formula is C53H95NO5. The van der Waals surface area contributed by atoms with Crippen LogP contribution in [0, 0.1) is 0 Å². The Kier molecular flexibility index (Phi) is 44.7. The zero-order chi connectivity index (χ0) is 43.1. The largest absolute Gasteiger partial charge is 0.462 e. The van der Waals surface area contributed by atoms with E-state index in [1.165, 1.54) is 96.3 Å². The first kappa shape index (κ1) is 56.6. The SMILES string of the molecule is CC/C=C\C/C=C\C/C=C\C/C=C\C/C=C\CCCCCC(=O)OC(CCCCCCCCCCCCCC)CC(=O)NC(CO)C(O)CCCCCCCCCCC. The van der Waals surface area contributed by atoms with Crippen molar-refractivity contribution in [3.63, 3.8) is 0 Å². The van der Waals surface area contributed by atoms with E-state index < -0.39 is 18.2 Å². The van der Waals surface area contributed by atoms with Crippen LogP contribution in [-0.2, 0) is 14.3 Å². The highest BCUT2D eigenvalue weighted by Crippen LogP contribution is 2.18. The molecule has 0 fully saturated rings. The summed E-state index contributed by atoms with van der Waals surface area (Å²) < 4.78 is 5.91. The van der Waals surface area contributed by atoms with Crippen LogP contribution in [0.5, 0.6) is 0 Å². The molecule has 6 nitrogen and oxygen atoms in total. The first-order valence-corrected chi connectivity index (χ1v) is 25.0. The minimum Gasteiger partial charge on any atom is -0.462 e. The minimum absolute atomic E-state index is 0.0646. The van der Waals surface area contributed by atoms with E-state index in [2.05, 4.69) is 86.8 Å². The van der Waals surface area contributed by atoms with Crippen LogP contribution in [0.3, 0.4) is 0 Å². The van der Waals surface area contributed by atoms with Crippen molar-refractivity contribution in [3.8, 4) is 0 Å². The Bertz CT molecular complexity index is 1060. The van der Waals surface area contributed by atoms with E-state index in [1.807, 2.05) is 0 Å². The minimum atomic E-state index is -0.791. The number of ether oxygens (including phenoxy) is 1. The lowest BCUT2D eigenvalue weighted by atomic mass is 10.0. The number of nitrogens with one attached hydrogen (secondary N) is 1. The smallest absolute Gasteiger partial charge is 0.306 e. The fourth-order valence-electron chi connectivity index (χ4n) is 7.34. The number of unbranched alkanes of at least 4 members (excludes halogenated alkanes) is 22. The van der Waals surface area contributed by atoms with Crippen molar-refractivity contribution in [2.75, 3.05) is 6.61 Å². The van der Waals surface area contributed by atoms with Gasteiger partial charge in [-0.25, -0.2) is 0 Å². The molecule has 59 heavy (non-hydrogen) atoms. The van der Waals surface area contributed by atoms with Crippen molar-refractivity contribution in [1.29, 1.82) is 0 Å². The number of rotatable bonds is 44. The van der Waals surface area contributed by atoms with E-state index in [9.17, 15) is 19.8 Å². The number of allylic oxidation sites excluding steroid dienone is 10. The van der Waals surface area contributed by atoms with Gasteiger partial charge in [0.2, 0.25) is 5.91 Å². The summed E-state index contributed by atoms with van der Waals surface area (Å²) in [4.78, 5) is 26.1. The molecule has 0 rings (SSSR count). The molecule has 0 aliphatic rings. The maximum atomic E-state index is 13.2. The summed E-state index contributed by atoms with van der Waals surface area (Å²) in [6.07, 6.45) is 57.1. The third kappa shape index (κ3) is 42.1. The molecule has 1 amide bonds. The second-order valence-corrected chi connectivity index (χ2v) is 16.8. The molecule has 0 heterocycles. The molecule has 342 valence electrons. The fourth-order valence-corrected chi connectivity index (χ4v) is 7.34. The topological polar surface area (TPSA) is 95.9 Å². The number of esters is 1. The van der Waals surface area contributed by atoms with Crippen LogP contribution in [0.25, 0.3) is 0 Å². The van der Waals surface area contributed by atoms with Crippen LogP contribution < -0.4 is 5.32 Å². The van der Waals surface area contributed by atoms with Crippen LogP contribution in [0.15, 0.2) is 60.8 Å². The zero-order valence-electron chi connectivity index (χ0n) is 38.9. The Hall–Kier alpha value is -2.44. The van der Waals surface area contributed by atoms with Crippen LogP contribution in [-0.4, -0.2) is 46.9 Å². The van der Waals surface area contributed by atoms with Crippen molar-refractivity contribution in [2.45, 2.75) is 257 Å². The van der Waals surface area contributed by atoms with Crippen molar-refractivity contribution in [3.05, 3.63) is 60.8 Å². The molecule has 0 saturated carbocycles. The van der Waals surface area contributed by atoms with Gasteiger partial charge in [-0.2, -0.15) is 0 Å². The van der Waals surface area contributed by atoms with Gasteiger partial charge >= 0.3 is 5.97 Å². The second kappa shape index (κ2) is 46.6.